The smallest absolute Gasteiger partial charge is 0.266 e. The first-order valence-corrected chi connectivity index (χ1v) is 7.25. The van der Waals surface area contributed by atoms with Crippen molar-refractivity contribution in [1.29, 1.82) is 0 Å². The van der Waals surface area contributed by atoms with Crippen molar-refractivity contribution >= 4 is 43.7 Å². The van der Waals surface area contributed by atoms with E-state index in [0.717, 1.165) is 14.5 Å². The van der Waals surface area contributed by atoms with Crippen LogP contribution in [0.25, 0.3) is 0 Å². The minimum Gasteiger partial charge on any atom is -0.326 e. The standard InChI is InChI=1S/C12H12Br2N2O3/c1-6-8(13)4-7(5-9(6)14)12(18)16-3-2-10(16)11(17)15-19/h4-5,10,19H,2-3H2,1H3,(H,15,17). The third kappa shape index (κ3) is 2.68. The Balaban J connectivity index is 2.23. The summed E-state index contributed by atoms with van der Waals surface area (Å²) in [5.74, 6) is -0.772. The number of benzene rings is 1. The van der Waals surface area contributed by atoms with Gasteiger partial charge >= 0.3 is 0 Å². The predicted octanol–water partition coefficient (Wildman–Crippen LogP) is 2.24. The number of nitrogens with one attached hydrogen (secondary N) is 1. The summed E-state index contributed by atoms with van der Waals surface area (Å²) >= 11 is 6.78. The van der Waals surface area contributed by atoms with Gasteiger partial charge in [0.2, 0.25) is 0 Å². The topological polar surface area (TPSA) is 69.6 Å². The van der Waals surface area contributed by atoms with E-state index in [1.165, 1.54) is 4.90 Å². The fourth-order valence-electron chi connectivity index (χ4n) is 1.91. The molecule has 7 heteroatoms. The van der Waals surface area contributed by atoms with Gasteiger partial charge in [0, 0.05) is 21.1 Å². The van der Waals surface area contributed by atoms with E-state index in [-0.39, 0.29) is 5.91 Å². The van der Waals surface area contributed by atoms with Crippen molar-refractivity contribution in [3.8, 4) is 0 Å². The molecule has 0 spiro atoms. The van der Waals surface area contributed by atoms with Crippen LogP contribution in [0.5, 0.6) is 0 Å². The lowest BCUT2D eigenvalue weighted by atomic mass is 10.0. The number of likely N-dealkylation sites (tertiary alicyclic amines) is 1. The van der Waals surface area contributed by atoms with Gasteiger partial charge in [-0.1, -0.05) is 31.9 Å². The molecule has 0 aliphatic carbocycles. The first-order chi connectivity index (χ1) is 8.95. The number of carbonyl (C=O) groups excluding carboxylic acids is 2. The van der Waals surface area contributed by atoms with E-state index in [4.69, 9.17) is 5.21 Å². The van der Waals surface area contributed by atoms with Crippen molar-refractivity contribution in [2.45, 2.75) is 19.4 Å². The molecule has 1 fully saturated rings. The van der Waals surface area contributed by atoms with Crippen LogP contribution in [-0.2, 0) is 4.79 Å². The normalized spacial score (nSPS) is 17.9. The fraction of sp³-hybridized carbons (Fsp3) is 0.333. The summed E-state index contributed by atoms with van der Waals surface area (Å²) in [6.07, 6.45) is 0.562. The monoisotopic (exact) mass is 390 g/mol. The second-order valence-corrected chi connectivity index (χ2v) is 6.05. The number of rotatable bonds is 2. The van der Waals surface area contributed by atoms with Crippen LogP contribution in [-0.4, -0.2) is 34.5 Å². The molecule has 1 aliphatic rings. The second-order valence-electron chi connectivity index (χ2n) is 4.34. The zero-order valence-electron chi connectivity index (χ0n) is 10.1. The van der Waals surface area contributed by atoms with E-state index >= 15 is 0 Å². The molecule has 2 N–H and O–H groups in total. The maximum absolute atomic E-state index is 12.3. The lowest BCUT2D eigenvalue weighted by molar-refractivity contribution is -0.137. The van der Waals surface area contributed by atoms with Crippen molar-refractivity contribution in [2.24, 2.45) is 0 Å². The molecule has 1 saturated heterocycles. The predicted molar refractivity (Wildman–Crippen MR) is 75.9 cm³/mol. The molecule has 2 amide bonds. The number of hydrogen-bond donors (Lipinski definition) is 2. The molecule has 1 unspecified atom stereocenters. The highest BCUT2D eigenvalue weighted by Crippen LogP contribution is 2.28. The molecule has 2 rings (SSSR count). The van der Waals surface area contributed by atoms with Crippen LogP contribution in [0.2, 0.25) is 0 Å². The van der Waals surface area contributed by atoms with Crippen LogP contribution in [0.3, 0.4) is 0 Å². The first kappa shape index (κ1) is 14.5. The maximum atomic E-state index is 12.3. The number of amides is 2. The molecule has 1 aromatic carbocycles. The SMILES string of the molecule is Cc1c(Br)cc(C(=O)N2CCC2C(=O)NO)cc1Br. The van der Waals surface area contributed by atoms with Crippen molar-refractivity contribution in [3.63, 3.8) is 0 Å². The van der Waals surface area contributed by atoms with Gasteiger partial charge in [0.05, 0.1) is 0 Å². The Morgan fingerprint density at radius 3 is 2.37 bits per heavy atom. The van der Waals surface area contributed by atoms with Crippen LogP contribution in [0.1, 0.15) is 22.3 Å². The third-order valence-electron chi connectivity index (χ3n) is 3.22. The van der Waals surface area contributed by atoms with Crippen molar-refractivity contribution < 1.29 is 14.8 Å². The Bertz CT molecular complexity index is 525. The summed E-state index contributed by atoms with van der Waals surface area (Å²) < 4.78 is 1.66. The number of carbonyl (C=O) groups is 2. The fourth-order valence-corrected chi connectivity index (χ4v) is 3.10. The highest BCUT2D eigenvalue weighted by atomic mass is 79.9. The molecular weight excluding hydrogens is 380 g/mol. The number of hydrogen-bond acceptors (Lipinski definition) is 3. The Labute approximate surface area is 127 Å². The molecule has 1 heterocycles. The molecule has 0 radical (unpaired) electrons. The van der Waals surface area contributed by atoms with Gasteiger partial charge in [0.25, 0.3) is 11.8 Å². The van der Waals surface area contributed by atoms with Crippen LogP contribution >= 0.6 is 31.9 Å². The van der Waals surface area contributed by atoms with Crippen LogP contribution in [0.15, 0.2) is 21.1 Å². The number of nitrogens with zero attached hydrogens (tertiary/aromatic N) is 1. The number of hydroxylamine groups is 1. The maximum Gasteiger partial charge on any atom is 0.266 e. The Kier molecular flexibility index (Phi) is 4.27. The lowest BCUT2D eigenvalue weighted by Gasteiger charge is -2.39. The van der Waals surface area contributed by atoms with E-state index in [1.54, 1.807) is 17.6 Å². The lowest BCUT2D eigenvalue weighted by Crippen LogP contribution is -2.57. The largest absolute Gasteiger partial charge is 0.326 e. The summed E-state index contributed by atoms with van der Waals surface area (Å²) in [5.41, 5.74) is 3.09. The van der Waals surface area contributed by atoms with E-state index < -0.39 is 11.9 Å². The van der Waals surface area contributed by atoms with E-state index in [1.807, 2.05) is 6.92 Å². The molecule has 5 nitrogen and oxygen atoms in total. The summed E-state index contributed by atoms with van der Waals surface area (Å²) in [4.78, 5) is 25.1. The summed E-state index contributed by atoms with van der Waals surface area (Å²) in [7, 11) is 0. The molecule has 1 aromatic rings. The van der Waals surface area contributed by atoms with Gasteiger partial charge in [-0.15, -0.1) is 0 Å². The highest BCUT2D eigenvalue weighted by Gasteiger charge is 2.38. The summed E-state index contributed by atoms with van der Waals surface area (Å²) in [5, 5.41) is 8.61. The van der Waals surface area contributed by atoms with Gasteiger partial charge < -0.3 is 4.90 Å². The molecule has 0 bridgehead atoms. The molecule has 102 valence electrons. The minimum absolute atomic E-state index is 0.221. The van der Waals surface area contributed by atoms with Gasteiger partial charge in [-0.3, -0.25) is 14.8 Å². The summed E-state index contributed by atoms with van der Waals surface area (Å²) in [6.45, 7) is 2.44. The quantitative estimate of drug-likeness (QED) is 0.600. The molecule has 0 aromatic heterocycles. The summed E-state index contributed by atoms with van der Waals surface area (Å²) in [6, 6.07) is 2.87. The minimum atomic E-state index is -0.587. The van der Waals surface area contributed by atoms with Gasteiger partial charge in [-0.05, 0) is 31.0 Å². The average molecular weight is 392 g/mol. The Morgan fingerprint density at radius 1 is 1.37 bits per heavy atom. The highest BCUT2D eigenvalue weighted by molar-refractivity contribution is 9.11. The van der Waals surface area contributed by atoms with Gasteiger partial charge in [-0.25, -0.2) is 5.48 Å². The van der Waals surface area contributed by atoms with Crippen molar-refractivity contribution in [1.82, 2.24) is 10.4 Å². The number of halogens is 2. The first-order valence-electron chi connectivity index (χ1n) is 5.66. The third-order valence-corrected chi connectivity index (χ3v) is 4.87. The van der Waals surface area contributed by atoms with E-state index in [2.05, 4.69) is 31.9 Å². The molecule has 19 heavy (non-hydrogen) atoms. The molecule has 0 saturated carbocycles. The van der Waals surface area contributed by atoms with Crippen LogP contribution in [0.4, 0.5) is 0 Å². The van der Waals surface area contributed by atoms with Crippen molar-refractivity contribution in [3.05, 3.63) is 32.2 Å². The van der Waals surface area contributed by atoms with Gasteiger partial charge in [-0.2, -0.15) is 0 Å². The van der Waals surface area contributed by atoms with Crippen LogP contribution < -0.4 is 5.48 Å². The van der Waals surface area contributed by atoms with E-state index in [0.29, 0.717) is 18.5 Å². The molecule has 1 atom stereocenters. The van der Waals surface area contributed by atoms with Gasteiger partial charge in [0.15, 0.2) is 0 Å². The zero-order valence-corrected chi connectivity index (χ0v) is 13.3. The molecular formula is C12H12Br2N2O3. The van der Waals surface area contributed by atoms with E-state index in [9.17, 15) is 9.59 Å². The Morgan fingerprint density at radius 2 is 1.95 bits per heavy atom. The molecule has 1 aliphatic heterocycles. The second kappa shape index (κ2) is 5.60. The van der Waals surface area contributed by atoms with Crippen LogP contribution in [0, 0.1) is 6.92 Å². The van der Waals surface area contributed by atoms with Gasteiger partial charge in [0.1, 0.15) is 6.04 Å². The Hall–Kier alpha value is -0.920. The average Bonchev–Trinajstić information content (AvgIpc) is 2.33. The van der Waals surface area contributed by atoms with Crippen molar-refractivity contribution in [2.75, 3.05) is 6.54 Å². The zero-order chi connectivity index (χ0) is 14.2.